The number of carbonyl (C=O) groups excluding carboxylic acids is 2. The van der Waals surface area contributed by atoms with Gasteiger partial charge in [0.05, 0.1) is 24.7 Å². The first kappa shape index (κ1) is 21.7. The molecule has 2 aromatic rings. The lowest BCUT2D eigenvalue weighted by molar-refractivity contribution is -0.118. The largest absolute Gasteiger partial charge is 0.325 e. The molecule has 2 amide bonds. The maximum Gasteiger partial charge on any atom is 0.262 e. The topological polar surface area (TPSA) is 70.2 Å². The van der Waals surface area contributed by atoms with Gasteiger partial charge in [0.15, 0.2) is 0 Å². The molecule has 0 radical (unpaired) electrons. The third kappa shape index (κ3) is 5.71. The Hall–Kier alpha value is -2.58. The van der Waals surface area contributed by atoms with Crippen LogP contribution >= 0.6 is 12.4 Å². The number of amides is 2. The van der Waals surface area contributed by atoms with E-state index in [0.717, 1.165) is 0 Å². The van der Waals surface area contributed by atoms with Crippen molar-refractivity contribution >= 4 is 35.6 Å². The lowest BCUT2D eigenvalue weighted by Crippen LogP contribution is -2.35. The molecule has 1 saturated heterocycles. The van der Waals surface area contributed by atoms with Crippen molar-refractivity contribution in [2.45, 2.75) is 24.8 Å². The van der Waals surface area contributed by atoms with Gasteiger partial charge >= 0.3 is 0 Å². The fourth-order valence-corrected chi connectivity index (χ4v) is 2.78. The smallest absolute Gasteiger partial charge is 0.262 e. The van der Waals surface area contributed by atoms with Crippen molar-refractivity contribution in [1.29, 1.82) is 0 Å². The van der Waals surface area contributed by atoms with E-state index in [-0.39, 0.29) is 30.4 Å². The predicted molar refractivity (Wildman–Crippen MR) is 102 cm³/mol. The molecular formula is C19H19ClF3N3O2. The molecule has 1 aliphatic heterocycles. The van der Waals surface area contributed by atoms with E-state index in [0.29, 0.717) is 11.3 Å². The van der Waals surface area contributed by atoms with Crippen molar-refractivity contribution in [2.24, 2.45) is 0 Å². The molecule has 3 rings (SSSR count). The van der Waals surface area contributed by atoms with E-state index in [4.69, 9.17) is 0 Å². The van der Waals surface area contributed by atoms with Gasteiger partial charge in [0, 0.05) is 12.1 Å². The van der Waals surface area contributed by atoms with Crippen LogP contribution in [0.4, 0.5) is 24.5 Å². The van der Waals surface area contributed by atoms with E-state index in [2.05, 4.69) is 16.0 Å². The first-order chi connectivity index (χ1) is 12.8. The number of para-hydroxylation sites is 1. The Kier molecular flexibility index (Phi) is 7.04. The van der Waals surface area contributed by atoms with E-state index in [1.54, 1.807) is 30.3 Å². The summed E-state index contributed by atoms with van der Waals surface area (Å²) in [5.74, 6) is -4.31. The summed E-state index contributed by atoms with van der Waals surface area (Å²) >= 11 is 0. The summed E-state index contributed by atoms with van der Waals surface area (Å²) in [5.41, 5.74) is 1.20. The molecule has 28 heavy (non-hydrogen) atoms. The number of rotatable bonds is 5. The van der Waals surface area contributed by atoms with Crippen molar-refractivity contribution in [1.82, 2.24) is 5.32 Å². The number of hydrogen-bond acceptors (Lipinski definition) is 3. The maximum absolute atomic E-state index is 13.5. The Labute approximate surface area is 166 Å². The normalized spacial score (nSPS) is 17.5. The highest BCUT2D eigenvalue weighted by Gasteiger charge is 2.42. The number of hydrogen-bond donors (Lipinski definition) is 3. The van der Waals surface area contributed by atoms with Crippen molar-refractivity contribution in [3.8, 4) is 0 Å². The molecule has 0 bridgehead atoms. The van der Waals surface area contributed by atoms with Gasteiger partial charge in [0.2, 0.25) is 11.8 Å². The molecule has 1 aliphatic rings. The van der Waals surface area contributed by atoms with Gasteiger partial charge in [-0.15, -0.1) is 12.4 Å². The Morgan fingerprint density at radius 1 is 1.07 bits per heavy atom. The van der Waals surface area contributed by atoms with Crippen LogP contribution in [0.5, 0.6) is 0 Å². The summed E-state index contributed by atoms with van der Waals surface area (Å²) in [7, 11) is 0. The zero-order valence-corrected chi connectivity index (χ0v) is 15.5. The van der Waals surface area contributed by atoms with Crippen LogP contribution in [0.2, 0.25) is 0 Å². The predicted octanol–water partition coefficient (Wildman–Crippen LogP) is 3.36. The van der Waals surface area contributed by atoms with Gasteiger partial charge in [-0.25, -0.2) is 13.2 Å². The molecule has 1 unspecified atom stereocenters. The minimum atomic E-state index is -2.88. The average molecular weight is 414 g/mol. The number of carbonyl (C=O) groups is 2. The number of nitrogens with one attached hydrogen (secondary N) is 3. The molecule has 0 aliphatic carbocycles. The van der Waals surface area contributed by atoms with E-state index in [1.165, 1.54) is 18.2 Å². The third-order valence-corrected chi connectivity index (χ3v) is 4.16. The van der Waals surface area contributed by atoms with Gasteiger partial charge < -0.3 is 10.6 Å². The molecule has 9 heteroatoms. The highest BCUT2D eigenvalue weighted by Crippen LogP contribution is 2.25. The van der Waals surface area contributed by atoms with Crippen LogP contribution in [0.15, 0.2) is 48.5 Å². The Bertz CT molecular complexity index is 847. The highest BCUT2D eigenvalue weighted by molar-refractivity contribution is 5.95. The molecule has 0 saturated carbocycles. The number of benzene rings is 2. The molecule has 1 heterocycles. The first-order valence-electron chi connectivity index (χ1n) is 8.38. The summed E-state index contributed by atoms with van der Waals surface area (Å²) in [4.78, 5) is 24.0. The number of halogens is 4. The summed E-state index contributed by atoms with van der Waals surface area (Å²) in [6.07, 6.45) is -0.508. The second-order valence-electron chi connectivity index (χ2n) is 6.38. The first-order valence-corrected chi connectivity index (χ1v) is 8.38. The molecule has 1 fully saturated rings. The van der Waals surface area contributed by atoms with Crippen LogP contribution in [-0.4, -0.2) is 30.3 Å². The Morgan fingerprint density at radius 2 is 1.75 bits per heavy atom. The van der Waals surface area contributed by atoms with Gasteiger partial charge in [-0.05, 0) is 29.8 Å². The Balaban J connectivity index is 0.00000280. The van der Waals surface area contributed by atoms with Crippen molar-refractivity contribution in [3.05, 3.63) is 59.9 Å². The van der Waals surface area contributed by atoms with E-state index < -0.39 is 36.7 Å². The summed E-state index contributed by atoms with van der Waals surface area (Å²) < 4.78 is 39.8. The molecule has 0 aromatic heterocycles. The molecule has 2 aromatic carbocycles. The van der Waals surface area contributed by atoms with Gasteiger partial charge in [-0.3, -0.25) is 14.9 Å². The van der Waals surface area contributed by atoms with Crippen molar-refractivity contribution in [3.63, 3.8) is 0 Å². The lowest BCUT2D eigenvalue weighted by atomic mass is 10.1. The lowest BCUT2D eigenvalue weighted by Gasteiger charge is -2.12. The zero-order valence-electron chi connectivity index (χ0n) is 14.7. The molecule has 150 valence electrons. The summed E-state index contributed by atoms with van der Waals surface area (Å²) in [6, 6.07) is 11.3. The van der Waals surface area contributed by atoms with Crippen LogP contribution in [0.1, 0.15) is 12.0 Å². The monoisotopic (exact) mass is 413 g/mol. The fourth-order valence-electron chi connectivity index (χ4n) is 2.78. The SMILES string of the molecule is Cl.O=C(Cc1ccc(NC(=O)C2CC(F)(F)CN2)cc1)Nc1ccccc1F. The van der Waals surface area contributed by atoms with Crippen LogP contribution < -0.4 is 16.0 Å². The summed E-state index contributed by atoms with van der Waals surface area (Å²) in [6.45, 7) is -0.513. The molecule has 1 atom stereocenters. The van der Waals surface area contributed by atoms with Gasteiger partial charge in [-0.2, -0.15) is 0 Å². The van der Waals surface area contributed by atoms with Crippen molar-refractivity contribution < 1.29 is 22.8 Å². The highest BCUT2D eigenvalue weighted by atomic mass is 35.5. The maximum atomic E-state index is 13.5. The van der Waals surface area contributed by atoms with Gasteiger partial charge in [0.1, 0.15) is 5.82 Å². The minimum absolute atomic E-state index is 0. The molecular weight excluding hydrogens is 395 g/mol. The fraction of sp³-hybridized carbons (Fsp3) is 0.263. The van der Waals surface area contributed by atoms with Crippen LogP contribution in [0, 0.1) is 5.82 Å². The standard InChI is InChI=1S/C19H18F3N3O2.ClH/c20-14-3-1-2-4-15(14)25-17(26)9-12-5-7-13(8-6-12)24-18(27)16-10-19(21,22)11-23-16;/h1-8,16,23H,9-11H2,(H,24,27)(H,25,26);1H. The van der Waals surface area contributed by atoms with E-state index >= 15 is 0 Å². The number of anilines is 2. The second kappa shape index (κ2) is 9.07. The Morgan fingerprint density at radius 3 is 2.36 bits per heavy atom. The summed E-state index contributed by atoms with van der Waals surface area (Å²) in [5, 5.41) is 7.54. The van der Waals surface area contributed by atoms with Crippen LogP contribution in [0.25, 0.3) is 0 Å². The average Bonchev–Trinajstić information content (AvgIpc) is 2.99. The molecule has 5 nitrogen and oxygen atoms in total. The second-order valence-corrected chi connectivity index (χ2v) is 6.38. The molecule has 3 N–H and O–H groups in total. The van der Waals surface area contributed by atoms with Crippen molar-refractivity contribution in [2.75, 3.05) is 17.2 Å². The van der Waals surface area contributed by atoms with Crippen LogP contribution in [0.3, 0.4) is 0 Å². The quantitative estimate of drug-likeness (QED) is 0.704. The van der Waals surface area contributed by atoms with E-state index in [9.17, 15) is 22.8 Å². The van der Waals surface area contributed by atoms with Gasteiger partial charge in [0.25, 0.3) is 5.92 Å². The van der Waals surface area contributed by atoms with E-state index in [1.807, 2.05) is 0 Å². The zero-order chi connectivity index (χ0) is 19.4. The van der Waals surface area contributed by atoms with Gasteiger partial charge in [-0.1, -0.05) is 24.3 Å². The molecule has 0 spiro atoms. The number of alkyl halides is 2. The third-order valence-electron chi connectivity index (χ3n) is 4.16. The van der Waals surface area contributed by atoms with Crippen LogP contribution in [-0.2, 0) is 16.0 Å². The minimum Gasteiger partial charge on any atom is -0.325 e.